The summed E-state index contributed by atoms with van der Waals surface area (Å²) in [7, 11) is 0. The number of nitrogens with zero attached hydrogens (tertiary/aromatic N) is 3. The number of carbonyl (C=O) groups excluding carboxylic acids is 1. The van der Waals surface area contributed by atoms with Crippen LogP contribution in [0.3, 0.4) is 0 Å². The molecule has 116 valence electrons. The van der Waals surface area contributed by atoms with Crippen molar-refractivity contribution < 1.29 is 4.79 Å². The predicted molar refractivity (Wildman–Crippen MR) is 84.4 cm³/mol. The minimum Gasteiger partial charge on any atom is -0.369 e. The van der Waals surface area contributed by atoms with E-state index in [1.165, 1.54) is 6.42 Å². The van der Waals surface area contributed by atoms with Gasteiger partial charge in [-0.25, -0.2) is 4.98 Å². The maximum absolute atomic E-state index is 12.7. The van der Waals surface area contributed by atoms with Gasteiger partial charge in [-0.3, -0.25) is 9.78 Å². The molecule has 0 spiro atoms. The number of carbonyl (C=O) groups is 1. The summed E-state index contributed by atoms with van der Waals surface area (Å²) in [6, 6.07) is 0.366. The van der Waals surface area contributed by atoms with Crippen LogP contribution in [0.1, 0.15) is 62.9 Å². The van der Waals surface area contributed by atoms with Crippen molar-refractivity contribution in [3.05, 3.63) is 18.1 Å². The molecule has 1 aromatic rings. The van der Waals surface area contributed by atoms with E-state index in [4.69, 9.17) is 0 Å². The Labute approximate surface area is 127 Å². The van der Waals surface area contributed by atoms with Crippen LogP contribution < -0.4 is 5.32 Å². The third kappa shape index (κ3) is 4.16. The van der Waals surface area contributed by atoms with Crippen molar-refractivity contribution in [2.24, 2.45) is 0 Å². The number of nitrogens with one attached hydrogen (secondary N) is 1. The molecule has 1 N–H and O–H groups in total. The molecule has 1 saturated heterocycles. The normalized spacial score (nSPS) is 18.6. The van der Waals surface area contributed by atoms with Gasteiger partial charge in [-0.15, -0.1) is 0 Å². The molecule has 21 heavy (non-hydrogen) atoms. The van der Waals surface area contributed by atoms with E-state index < -0.39 is 0 Å². The molecule has 0 aliphatic carbocycles. The topological polar surface area (TPSA) is 58.1 Å². The number of likely N-dealkylation sites (tertiary alicyclic amines) is 1. The molecule has 5 nitrogen and oxygen atoms in total. The van der Waals surface area contributed by atoms with Crippen LogP contribution in [-0.2, 0) is 0 Å². The zero-order valence-electron chi connectivity index (χ0n) is 13.1. The average molecular weight is 290 g/mol. The molecule has 1 fully saturated rings. The van der Waals surface area contributed by atoms with Gasteiger partial charge in [0.1, 0.15) is 11.5 Å². The van der Waals surface area contributed by atoms with Crippen LogP contribution in [-0.4, -0.2) is 39.9 Å². The molecule has 1 unspecified atom stereocenters. The summed E-state index contributed by atoms with van der Waals surface area (Å²) in [5.41, 5.74) is 0.458. The minimum absolute atomic E-state index is 0.0285. The van der Waals surface area contributed by atoms with E-state index in [9.17, 15) is 4.79 Å². The van der Waals surface area contributed by atoms with Gasteiger partial charge < -0.3 is 10.2 Å². The first-order valence-electron chi connectivity index (χ1n) is 8.13. The lowest BCUT2D eigenvalue weighted by atomic mass is 9.98. The second-order valence-corrected chi connectivity index (χ2v) is 5.65. The Bertz CT molecular complexity index is 461. The molecular weight excluding hydrogens is 264 g/mol. The van der Waals surface area contributed by atoms with Gasteiger partial charge in [0.25, 0.3) is 5.91 Å². The van der Waals surface area contributed by atoms with Crippen LogP contribution in [0, 0.1) is 0 Å². The van der Waals surface area contributed by atoms with E-state index in [0.29, 0.717) is 17.6 Å². The standard InChI is InChI=1S/C16H26N4O/c1-3-7-13-8-5-6-10-20(13)16(21)14-11-17-12-15(19-14)18-9-4-2/h11-13H,3-10H2,1-2H3,(H,18,19). The fourth-order valence-corrected chi connectivity index (χ4v) is 2.86. The molecule has 2 heterocycles. The minimum atomic E-state index is 0.0285. The number of hydrogen-bond donors (Lipinski definition) is 1. The monoisotopic (exact) mass is 290 g/mol. The van der Waals surface area contributed by atoms with Gasteiger partial charge in [-0.1, -0.05) is 20.3 Å². The van der Waals surface area contributed by atoms with Gasteiger partial charge >= 0.3 is 0 Å². The highest BCUT2D eigenvalue weighted by Crippen LogP contribution is 2.22. The Balaban J connectivity index is 2.10. The van der Waals surface area contributed by atoms with Gasteiger partial charge in [-0.2, -0.15) is 0 Å². The Morgan fingerprint density at radius 3 is 2.95 bits per heavy atom. The lowest BCUT2D eigenvalue weighted by Gasteiger charge is -2.35. The number of rotatable bonds is 6. The smallest absolute Gasteiger partial charge is 0.274 e. The van der Waals surface area contributed by atoms with Crippen LogP contribution >= 0.6 is 0 Å². The maximum atomic E-state index is 12.7. The molecule has 1 aliphatic rings. The zero-order chi connectivity index (χ0) is 15.1. The van der Waals surface area contributed by atoms with Gasteiger partial charge in [-0.05, 0) is 32.1 Å². The SMILES string of the molecule is CCCNc1cncc(C(=O)N2CCCCC2CCC)n1. The first kappa shape index (κ1) is 15.7. The molecule has 0 aromatic carbocycles. The third-order valence-electron chi connectivity index (χ3n) is 3.92. The van der Waals surface area contributed by atoms with Gasteiger partial charge in [0, 0.05) is 19.1 Å². The quantitative estimate of drug-likeness (QED) is 0.874. The molecule has 2 rings (SSSR count). The van der Waals surface area contributed by atoms with Crippen molar-refractivity contribution in [1.29, 1.82) is 0 Å². The molecule has 1 amide bonds. The number of amides is 1. The Morgan fingerprint density at radius 2 is 2.19 bits per heavy atom. The number of anilines is 1. The summed E-state index contributed by atoms with van der Waals surface area (Å²) < 4.78 is 0. The largest absolute Gasteiger partial charge is 0.369 e. The second-order valence-electron chi connectivity index (χ2n) is 5.65. The Kier molecular flexibility index (Phi) is 5.96. The fraction of sp³-hybridized carbons (Fsp3) is 0.688. The number of hydrogen-bond acceptors (Lipinski definition) is 4. The lowest BCUT2D eigenvalue weighted by molar-refractivity contribution is 0.0594. The van der Waals surface area contributed by atoms with Gasteiger partial charge in [0.2, 0.25) is 0 Å². The maximum Gasteiger partial charge on any atom is 0.274 e. The lowest BCUT2D eigenvalue weighted by Crippen LogP contribution is -2.44. The highest BCUT2D eigenvalue weighted by atomic mass is 16.2. The predicted octanol–water partition coefficient (Wildman–Crippen LogP) is 3.09. The number of piperidine rings is 1. The van der Waals surface area contributed by atoms with E-state index in [1.807, 2.05) is 4.90 Å². The van der Waals surface area contributed by atoms with Crippen LogP contribution in [0.4, 0.5) is 5.82 Å². The van der Waals surface area contributed by atoms with E-state index >= 15 is 0 Å². The summed E-state index contributed by atoms with van der Waals surface area (Å²) in [4.78, 5) is 23.3. The molecular formula is C16H26N4O. The van der Waals surface area contributed by atoms with Crippen LogP contribution in [0.25, 0.3) is 0 Å². The second kappa shape index (κ2) is 7.96. The van der Waals surface area contributed by atoms with Crippen LogP contribution in [0.2, 0.25) is 0 Å². The summed E-state index contributed by atoms with van der Waals surface area (Å²) >= 11 is 0. The van der Waals surface area contributed by atoms with E-state index in [-0.39, 0.29) is 5.91 Å². The molecule has 0 saturated carbocycles. The molecule has 1 atom stereocenters. The molecule has 0 bridgehead atoms. The molecule has 0 radical (unpaired) electrons. The first-order valence-corrected chi connectivity index (χ1v) is 8.13. The van der Waals surface area contributed by atoms with Gasteiger partial charge in [0.15, 0.2) is 0 Å². The third-order valence-corrected chi connectivity index (χ3v) is 3.92. The van der Waals surface area contributed by atoms with Crippen LogP contribution in [0.5, 0.6) is 0 Å². The zero-order valence-corrected chi connectivity index (χ0v) is 13.1. The van der Waals surface area contributed by atoms with Crippen molar-refractivity contribution in [2.45, 2.75) is 58.4 Å². The average Bonchev–Trinajstić information content (AvgIpc) is 2.53. The summed E-state index contributed by atoms with van der Waals surface area (Å²) in [5.74, 6) is 0.715. The van der Waals surface area contributed by atoms with Gasteiger partial charge in [0.05, 0.1) is 12.4 Å². The highest BCUT2D eigenvalue weighted by molar-refractivity contribution is 5.92. The van der Waals surface area contributed by atoms with E-state index in [1.54, 1.807) is 12.4 Å². The Hall–Kier alpha value is -1.65. The summed E-state index contributed by atoms with van der Waals surface area (Å²) in [6.45, 7) is 5.96. The molecule has 1 aromatic heterocycles. The van der Waals surface area contributed by atoms with E-state index in [0.717, 1.165) is 45.2 Å². The van der Waals surface area contributed by atoms with Crippen molar-refractivity contribution in [3.8, 4) is 0 Å². The fourth-order valence-electron chi connectivity index (χ4n) is 2.86. The van der Waals surface area contributed by atoms with Crippen molar-refractivity contribution >= 4 is 11.7 Å². The summed E-state index contributed by atoms with van der Waals surface area (Å²) in [5, 5.41) is 3.18. The number of aromatic nitrogens is 2. The van der Waals surface area contributed by atoms with Crippen molar-refractivity contribution in [1.82, 2.24) is 14.9 Å². The Morgan fingerprint density at radius 1 is 1.33 bits per heavy atom. The van der Waals surface area contributed by atoms with Crippen molar-refractivity contribution in [3.63, 3.8) is 0 Å². The summed E-state index contributed by atoms with van der Waals surface area (Å²) in [6.07, 6.45) is 9.88. The first-order chi connectivity index (χ1) is 10.3. The van der Waals surface area contributed by atoms with Crippen LogP contribution in [0.15, 0.2) is 12.4 Å². The molecule has 1 aliphatic heterocycles. The van der Waals surface area contributed by atoms with Crippen molar-refractivity contribution in [2.75, 3.05) is 18.4 Å². The highest BCUT2D eigenvalue weighted by Gasteiger charge is 2.27. The van der Waals surface area contributed by atoms with E-state index in [2.05, 4.69) is 29.1 Å². The molecule has 5 heteroatoms.